The number of nitro groups is 2. The Hall–Kier alpha value is -4.78. The quantitative estimate of drug-likeness (QED) is 0.280. The molecule has 33 heavy (non-hydrogen) atoms. The lowest BCUT2D eigenvalue weighted by Gasteiger charge is -2.00. The first-order chi connectivity index (χ1) is 15.8. The van der Waals surface area contributed by atoms with Crippen molar-refractivity contribution in [1.29, 1.82) is 0 Å². The maximum Gasteiger partial charge on any atom is 0.347 e. The number of aromatic nitrogens is 2. The van der Waals surface area contributed by atoms with Gasteiger partial charge in [-0.05, 0) is 24.3 Å². The van der Waals surface area contributed by atoms with Crippen molar-refractivity contribution >= 4 is 44.5 Å². The van der Waals surface area contributed by atoms with Crippen molar-refractivity contribution in [2.24, 2.45) is 0 Å². The largest absolute Gasteiger partial charge is 0.402 e. The number of nitrogens with zero attached hydrogens (tertiary/aromatic N) is 4. The topological polar surface area (TPSA) is 172 Å². The maximum atomic E-state index is 12.3. The molecule has 0 fully saturated rings. The molecule has 12 nitrogen and oxygen atoms in total. The Bertz CT molecular complexity index is 1610. The van der Waals surface area contributed by atoms with Gasteiger partial charge in [0.2, 0.25) is 11.8 Å². The molecule has 162 valence electrons. The molecule has 13 heteroatoms. The van der Waals surface area contributed by atoms with Gasteiger partial charge in [-0.2, -0.15) is 0 Å². The summed E-state index contributed by atoms with van der Waals surface area (Å²) in [6.07, 6.45) is 0. The minimum atomic E-state index is -0.786. The van der Waals surface area contributed by atoms with E-state index < -0.39 is 21.1 Å². The lowest BCUT2D eigenvalue weighted by atomic mass is 10.2. The average molecular weight is 464 g/mol. The lowest BCUT2D eigenvalue weighted by molar-refractivity contribution is -0.384. The summed E-state index contributed by atoms with van der Waals surface area (Å²) in [6, 6.07) is 10.5. The number of nitro benzene ring substituents is 2. The highest BCUT2D eigenvalue weighted by atomic mass is 32.1. The van der Waals surface area contributed by atoms with Crippen LogP contribution in [-0.4, -0.2) is 19.8 Å². The molecule has 0 aliphatic rings. The van der Waals surface area contributed by atoms with E-state index in [2.05, 4.69) is 9.97 Å². The lowest BCUT2D eigenvalue weighted by Crippen LogP contribution is -2.03. The molecule has 0 N–H and O–H groups in total. The number of hydrogen-bond donors (Lipinski definition) is 0. The van der Waals surface area contributed by atoms with Crippen LogP contribution in [0.15, 0.2) is 67.0 Å². The zero-order valence-electron chi connectivity index (χ0n) is 16.1. The monoisotopic (exact) mass is 464 g/mol. The molecule has 2 aromatic carbocycles. The highest BCUT2D eigenvalue weighted by Crippen LogP contribution is 2.33. The first-order valence-corrected chi connectivity index (χ1v) is 9.91. The van der Waals surface area contributed by atoms with Gasteiger partial charge in [-0.25, -0.2) is 19.6 Å². The third-order valence-corrected chi connectivity index (χ3v) is 5.73. The van der Waals surface area contributed by atoms with E-state index >= 15 is 0 Å². The number of hydrogen-bond acceptors (Lipinski definition) is 11. The van der Waals surface area contributed by atoms with Crippen LogP contribution in [0, 0.1) is 20.2 Å². The zero-order valence-corrected chi connectivity index (χ0v) is 16.9. The molecule has 0 aliphatic carbocycles. The molecule has 0 spiro atoms. The molecule has 5 aromatic rings. The van der Waals surface area contributed by atoms with Crippen molar-refractivity contribution in [2.75, 3.05) is 0 Å². The second kappa shape index (κ2) is 7.42. The molecule has 0 unspecified atom stereocenters. The summed E-state index contributed by atoms with van der Waals surface area (Å²) in [5, 5.41) is 21.8. The predicted molar refractivity (Wildman–Crippen MR) is 116 cm³/mol. The fourth-order valence-electron chi connectivity index (χ4n) is 3.13. The van der Waals surface area contributed by atoms with Crippen LogP contribution in [0.25, 0.3) is 43.3 Å². The minimum Gasteiger partial charge on any atom is -0.402 e. The van der Waals surface area contributed by atoms with Crippen LogP contribution in [0.5, 0.6) is 0 Å². The summed E-state index contributed by atoms with van der Waals surface area (Å²) in [7, 11) is 0. The van der Waals surface area contributed by atoms with Crippen molar-refractivity contribution in [2.45, 2.75) is 0 Å². The van der Waals surface area contributed by atoms with Crippen molar-refractivity contribution < 1.29 is 18.7 Å². The molecule has 0 saturated carbocycles. The number of non-ortho nitro benzene ring substituents is 2. The summed E-state index contributed by atoms with van der Waals surface area (Å²) in [6.45, 7) is 0. The molecule has 0 aliphatic heterocycles. The Labute approximate surface area is 184 Å². The zero-order chi connectivity index (χ0) is 23.3. The predicted octanol–water partition coefficient (Wildman–Crippen LogP) is 3.90. The van der Waals surface area contributed by atoms with Crippen molar-refractivity contribution in [3.8, 4) is 21.5 Å². The second-order valence-corrected chi connectivity index (χ2v) is 7.78. The summed E-state index contributed by atoms with van der Waals surface area (Å²) in [4.78, 5) is 54.6. The van der Waals surface area contributed by atoms with Crippen LogP contribution in [0.3, 0.4) is 0 Å². The Balaban J connectivity index is 1.56. The van der Waals surface area contributed by atoms with Crippen LogP contribution >= 0.6 is 11.3 Å². The van der Waals surface area contributed by atoms with Gasteiger partial charge in [-0.1, -0.05) is 0 Å². The van der Waals surface area contributed by atoms with Gasteiger partial charge >= 0.3 is 11.3 Å². The molecule has 0 bridgehead atoms. The van der Waals surface area contributed by atoms with Gasteiger partial charge in [-0.15, -0.1) is 11.3 Å². The maximum absolute atomic E-state index is 12.3. The van der Waals surface area contributed by atoms with Crippen molar-refractivity contribution in [3.05, 3.63) is 89.6 Å². The fourth-order valence-corrected chi connectivity index (χ4v) is 3.98. The third kappa shape index (κ3) is 3.51. The molecule has 3 aromatic heterocycles. The van der Waals surface area contributed by atoms with Gasteiger partial charge < -0.3 is 8.83 Å². The Kier molecular flexibility index (Phi) is 4.53. The smallest absolute Gasteiger partial charge is 0.347 e. The molecule has 5 rings (SSSR count). The molecule has 0 radical (unpaired) electrons. The van der Waals surface area contributed by atoms with Gasteiger partial charge in [0.15, 0.2) is 0 Å². The molecular formula is C20H8N4O8S. The SMILES string of the molecule is O=c1oc(-c2ccc(-c3nc4ccc([N+](=O)[O-])cc4c(=O)o3)s2)nc2ccc([N+](=O)[O-])cc12. The van der Waals surface area contributed by atoms with E-state index in [0.717, 1.165) is 23.5 Å². The number of fused-ring (bicyclic) bond motifs is 2. The highest BCUT2D eigenvalue weighted by Gasteiger charge is 2.18. The summed E-state index contributed by atoms with van der Waals surface area (Å²) < 4.78 is 10.5. The third-order valence-electron chi connectivity index (χ3n) is 4.67. The van der Waals surface area contributed by atoms with Gasteiger partial charge in [0.1, 0.15) is 0 Å². The number of benzene rings is 2. The van der Waals surface area contributed by atoms with Crippen molar-refractivity contribution in [3.63, 3.8) is 0 Å². The number of rotatable bonds is 4. The molecule has 0 saturated heterocycles. The van der Waals surface area contributed by atoms with E-state index in [4.69, 9.17) is 8.83 Å². The van der Waals surface area contributed by atoms with E-state index in [0.29, 0.717) is 9.75 Å². The molecule has 0 amide bonds. The van der Waals surface area contributed by atoms with E-state index in [-0.39, 0.29) is 45.0 Å². The summed E-state index contributed by atoms with van der Waals surface area (Å²) >= 11 is 1.08. The first kappa shape index (κ1) is 20.1. The van der Waals surface area contributed by atoms with E-state index in [1.807, 2.05) is 0 Å². The summed E-state index contributed by atoms with van der Waals surface area (Å²) in [5.74, 6) is -0.0345. The van der Waals surface area contributed by atoms with E-state index in [1.54, 1.807) is 12.1 Å². The van der Waals surface area contributed by atoms with Gasteiger partial charge in [0.25, 0.3) is 11.4 Å². The van der Waals surface area contributed by atoms with Crippen LogP contribution in [-0.2, 0) is 0 Å². The Morgan fingerprint density at radius 1 is 0.697 bits per heavy atom. The van der Waals surface area contributed by atoms with Crippen LogP contribution in [0.4, 0.5) is 11.4 Å². The molecular weight excluding hydrogens is 456 g/mol. The summed E-state index contributed by atoms with van der Waals surface area (Å²) in [5.41, 5.74) is -1.65. The molecule has 0 atom stereocenters. The van der Waals surface area contributed by atoms with Gasteiger partial charge in [-0.3, -0.25) is 20.2 Å². The number of thiophene rings is 1. The Morgan fingerprint density at radius 2 is 1.12 bits per heavy atom. The van der Waals surface area contributed by atoms with Crippen LogP contribution < -0.4 is 11.3 Å². The molecule has 3 heterocycles. The van der Waals surface area contributed by atoms with Gasteiger partial charge in [0, 0.05) is 24.3 Å². The normalized spacial score (nSPS) is 11.2. The van der Waals surface area contributed by atoms with E-state index in [1.165, 1.54) is 24.3 Å². The van der Waals surface area contributed by atoms with Crippen LogP contribution in [0.2, 0.25) is 0 Å². The van der Waals surface area contributed by atoms with Crippen LogP contribution in [0.1, 0.15) is 0 Å². The fraction of sp³-hybridized carbons (Fsp3) is 0. The second-order valence-electron chi connectivity index (χ2n) is 6.69. The minimum absolute atomic E-state index is 0.0173. The van der Waals surface area contributed by atoms with E-state index in [9.17, 15) is 29.8 Å². The van der Waals surface area contributed by atoms with Crippen molar-refractivity contribution in [1.82, 2.24) is 9.97 Å². The standard InChI is InChI=1S/C20H8N4O8S/c25-19-11-7-9(23(27)28)1-3-13(11)21-17(31-19)15-5-6-16(33-15)18-22-14-4-2-10(24(29)30)8-12(14)20(26)32-18/h1-8H. The van der Waals surface area contributed by atoms with Gasteiger partial charge in [0.05, 0.1) is 41.4 Å². The Morgan fingerprint density at radius 3 is 1.52 bits per heavy atom. The highest BCUT2D eigenvalue weighted by molar-refractivity contribution is 7.18. The first-order valence-electron chi connectivity index (χ1n) is 9.09. The average Bonchev–Trinajstić information content (AvgIpc) is 3.29.